The minimum absolute atomic E-state index is 0.0737. The fourth-order valence-electron chi connectivity index (χ4n) is 3.76. The summed E-state index contributed by atoms with van der Waals surface area (Å²) in [6.45, 7) is 3.77. The molecule has 1 amide bonds. The molecule has 2 N–H and O–H groups in total. The second-order valence-corrected chi connectivity index (χ2v) is 10.8. The van der Waals surface area contributed by atoms with Gasteiger partial charge in [-0.15, -0.1) is 11.3 Å². The number of nitrogens with one attached hydrogen (secondary N) is 2. The van der Waals surface area contributed by atoms with Gasteiger partial charge in [-0.25, -0.2) is 17.8 Å². The van der Waals surface area contributed by atoms with Gasteiger partial charge in [0.15, 0.2) is 0 Å². The molecule has 0 aliphatic heterocycles. The molecule has 0 atom stereocenters. The Morgan fingerprint density at radius 2 is 1.97 bits per heavy atom. The van der Waals surface area contributed by atoms with Gasteiger partial charge in [0.05, 0.1) is 27.9 Å². The van der Waals surface area contributed by atoms with Crippen LogP contribution in [-0.4, -0.2) is 37.1 Å². The number of halogens is 1. The molecule has 0 saturated heterocycles. The fraction of sp³-hybridized carbons (Fsp3) is 0.292. The molecule has 1 aromatic carbocycles. The molecule has 0 aliphatic carbocycles. The maximum absolute atomic E-state index is 13.4. The molecule has 0 fully saturated rings. The highest BCUT2D eigenvalue weighted by Crippen LogP contribution is 2.35. The topological polar surface area (TPSA) is 114 Å². The van der Waals surface area contributed by atoms with Crippen LogP contribution in [0.1, 0.15) is 39.8 Å². The molecule has 8 nitrogen and oxygen atoms in total. The quantitative estimate of drug-likeness (QED) is 0.333. The summed E-state index contributed by atoms with van der Waals surface area (Å²) in [5, 5.41) is 3.04. The van der Waals surface area contributed by atoms with Gasteiger partial charge in [-0.05, 0) is 62.1 Å². The minimum Gasteiger partial charge on any atom is -0.437 e. The van der Waals surface area contributed by atoms with Crippen LogP contribution in [0.3, 0.4) is 0 Å². The number of aryl methyl sites for hydroxylation is 3. The first-order valence-electron chi connectivity index (χ1n) is 11.1. The molecule has 4 rings (SSSR count). The summed E-state index contributed by atoms with van der Waals surface area (Å²) in [5.74, 6) is -0.486. The van der Waals surface area contributed by atoms with E-state index in [1.807, 2.05) is 13.8 Å². The van der Waals surface area contributed by atoms with E-state index < -0.39 is 21.7 Å². The number of hydrogen-bond donors (Lipinski definition) is 2. The highest BCUT2D eigenvalue weighted by molar-refractivity contribution is 7.92. The van der Waals surface area contributed by atoms with Crippen molar-refractivity contribution in [1.29, 1.82) is 0 Å². The van der Waals surface area contributed by atoms with Crippen molar-refractivity contribution in [2.75, 3.05) is 17.5 Å². The van der Waals surface area contributed by atoms with Crippen molar-refractivity contribution in [3.8, 4) is 11.3 Å². The third-order valence-corrected chi connectivity index (χ3v) is 7.94. The molecular weight excluding hydrogens is 491 g/mol. The molecule has 4 aromatic rings. The van der Waals surface area contributed by atoms with Crippen LogP contribution >= 0.6 is 11.3 Å². The van der Waals surface area contributed by atoms with Crippen molar-refractivity contribution >= 4 is 44.2 Å². The van der Waals surface area contributed by atoms with Gasteiger partial charge in [0.25, 0.3) is 5.91 Å². The second kappa shape index (κ2) is 10.1. The number of pyridine rings is 1. The number of amides is 1. The molecule has 0 radical (unpaired) electrons. The fourth-order valence-corrected chi connectivity index (χ4v) is 5.69. The number of hydrogen-bond acceptors (Lipinski definition) is 7. The van der Waals surface area contributed by atoms with Crippen LogP contribution in [0, 0.1) is 12.7 Å². The van der Waals surface area contributed by atoms with Crippen LogP contribution in [0.5, 0.6) is 0 Å². The summed E-state index contributed by atoms with van der Waals surface area (Å²) in [6, 6.07) is 7.27. The van der Waals surface area contributed by atoms with Gasteiger partial charge in [0.1, 0.15) is 17.4 Å². The van der Waals surface area contributed by atoms with Crippen LogP contribution < -0.4 is 10.0 Å². The number of aromatic nitrogens is 2. The average Bonchev–Trinajstić information content (AvgIpc) is 3.41. The van der Waals surface area contributed by atoms with Crippen LogP contribution in [0.25, 0.3) is 22.4 Å². The molecule has 0 unspecified atom stereocenters. The lowest BCUT2D eigenvalue weighted by molar-refractivity contribution is 0.0964. The number of carbonyl (C=O) groups is 1. The maximum atomic E-state index is 13.4. The Bertz CT molecular complexity index is 1480. The lowest BCUT2D eigenvalue weighted by Crippen LogP contribution is -2.19. The summed E-state index contributed by atoms with van der Waals surface area (Å²) < 4.78 is 47.5. The lowest BCUT2D eigenvalue weighted by atomic mass is 10.0. The first-order valence-corrected chi connectivity index (χ1v) is 13.6. The summed E-state index contributed by atoms with van der Waals surface area (Å²) in [5.41, 5.74) is 4.16. The zero-order valence-corrected chi connectivity index (χ0v) is 21.1. The zero-order valence-electron chi connectivity index (χ0n) is 19.5. The van der Waals surface area contributed by atoms with E-state index in [0.717, 1.165) is 10.6 Å². The Labute approximate surface area is 206 Å². The number of carbonyl (C=O) groups excluding carboxylic acids is 1. The van der Waals surface area contributed by atoms with Gasteiger partial charge >= 0.3 is 0 Å². The minimum atomic E-state index is -3.67. The highest BCUT2D eigenvalue weighted by Gasteiger charge is 2.25. The number of thiazole rings is 1. The molecule has 3 heterocycles. The molecule has 0 bridgehead atoms. The number of nitrogens with zero attached hydrogens (tertiary/aromatic N) is 2. The van der Waals surface area contributed by atoms with E-state index in [-0.39, 0.29) is 28.6 Å². The van der Waals surface area contributed by atoms with Crippen LogP contribution in [-0.2, 0) is 22.9 Å². The molecule has 11 heteroatoms. The van der Waals surface area contributed by atoms with Crippen molar-refractivity contribution in [1.82, 2.24) is 15.3 Å². The van der Waals surface area contributed by atoms with E-state index in [9.17, 15) is 17.6 Å². The van der Waals surface area contributed by atoms with Crippen molar-refractivity contribution < 1.29 is 22.0 Å². The molecule has 35 heavy (non-hydrogen) atoms. The lowest BCUT2D eigenvalue weighted by Gasteiger charge is -2.11. The van der Waals surface area contributed by atoms with Gasteiger partial charge < -0.3 is 9.73 Å². The van der Waals surface area contributed by atoms with Crippen molar-refractivity contribution in [3.63, 3.8) is 0 Å². The first kappa shape index (κ1) is 24.8. The van der Waals surface area contributed by atoms with E-state index >= 15 is 0 Å². The van der Waals surface area contributed by atoms with Crippen LogP contribution in [0.2, 0.25) is 0 Å². The summed E-state index contributed by atoms with van der Waals surface area (Å²) in [4.78, 5) is 22.4. The zero-order chi connectivity index (χ0) is 25.2. The monoisotopic (exact) mass is 516 g/mol. The summed E-state index contributed by atoms with van der Waals surface area (Å²) in [7, 11) is -2.17. The van der Waals surface area contributed by atoms with Crippen molar-refractivity contribution in [2.24, 2.45) is 0 Å². The molecule has 0 spiro atoms. The van der Waals surface area contributed by atoms with Gasteiger partial charge in [-0.1, -0.05) is 6.92 Å². The van der Waals surface area contributed by atoms with E-state index in [0.29, 0.717) is 35.8 Å². The predicted octanol–water partition coefficient (Wildman–Crippen LogP) is 4.70. The largest absolute Gasteiger partial charge is 0.437 e. The Balaban J connectivity index is 1.67. The van der Waals surface area contributed by atoms with Crippen molar-refractivity contribution in [2.45, 2.75) is 33.1 Å². The van der Waals surface area contributed by atoms with Gasteiger partial charge in [0, 0.05) is 17.5 Å². The van der Waals surface area contributed by atoms with E-state index in [4.69, 9.17) is 4.42 Å². The van der Waals surface area contributed by atoms with E-state index in [1.165, 1.54) is 42.6 Å². The SMILES string of the molecule is CCc1cc2c(C(=O)NC)c(-c3ccc(F)cc3)oc2nc1NS(=O)(=O)CCCc1scnc1C. The number of sulfonamides is 1. The standard InChI is InChI=1S/C24H25FN4O4S2/c1-4-15-12-18-20(23(30)26-3)21(16-7-9-17(25)10-8-16)33-24(18)28-22(15)29-35(31,32)11-5-6-19-14(2)27-13-34-19/h7-10,12-13H,4-6,11H2,1-3H3,(H,26,30)(H,28,29). The predicted molar refractivity (Wildman–Crippen MR) is 135 cm³/mol. The molecule has 0 aliphatic rings. The molecule has 3 aromatic heterocycles. The van der Waals surface area contributed by atoms with Crippen molar-refractivity contribution in [3.05, 3.63) is 63.4 Å². The van der Waals surface area contributed by atoms with E-state index in [1.54, 1.807) is 11.6 Å². The van der Waals surface area contributed by atoms with Gasteiger partial charge in [0.2, 0.25) is 15.7 Å². The second-order valence-electron chi connectivity index (χ2n) is 7.98. The molecule has 184 valence electrons. The molecule has 0 saturated carbocycles. The maximum Gasteiger partial charge on any atom is 0.255 e. The van der Waals surface area contributed by atoms with Crippen LogP contribution in [0.4, 0.5) is 10.2 Å². The summed E-state index contributed by atoms with van der Waals surface area (Å²) >= 11 is 1.51. The normalized spacial score (nSPS) is 11.7. The Hall–Kier alpha value is -3.31. The van der Waals surface area contributed by atoms with Gasteiger partial charge in [-0.3, -0.25) is 9.52 Å². The number of furan rings is 1. The third-order valence-electron chi connectivity index (χ3n) is 5.62. The first-order chi connectivity index (χ1) is 16.7. The van der Waals surface area contributed by atoms with Gasteiger partial charge in [-0.2, -0.15) is 4.98 Å². The van der Waals surface area contributed by atoms with E-state index in [2.05, 4.69) is 20.0 Å². The smallest absolute Gasteiger partial charge is 0.255 e. The average molecular weight is 517 g/mol. The molecular formula is C24H25FN4O4S2. The highest BCUT2D eigenvalue weighted by atomic mass is 32.2. The summed E-state index contributed by atoms with van der Waals surface area (Å²) in [6.07, 6.45) is 1.54. The number of benzene rings is 1. The Morgan fingerprint density at radius 1 is 1.23 bits per heavy atom. The number of anilines is 1. The number of rotatable bonds is 9. The Kier molecular flexibility index (Phi) is 7.18. The van der Waals surface area contributed by atoms with Crippen LogP contribution in [0.15, 0.2) is 40.3 Å². The number of fused-ring (bicyclic) bond motifs is 1. The Morgan fingerprint density at radius 3 is 2.60 bits per heavy atom. The third kappa shape index (κ3) is 5.35.